The summed E-state index contributed by atoms with van der Waals surface area (Å²) in [6.07, 6.45) is 3.26. The van der Waals surface area contributed by atoms with E-state index in [1.54, 1.807) is 18.3 Å². The third kappa shape index (κ3) is 4.00. The van der Waals surface area contributed by atoms with Crippen LogP contribution < -0.4 is 11.6 Å². The monoisotopic (exact) mass is 423 g/mol. The summed E-state index contributed by atoms with van der Waals surface area (Å²) in [6, 6.07) is 10.3. The topological polar surface area (TPSA) is 81.1 Å². The van der Waals surface area contributed by atoms with Gasteiger partial charge in [-0.25, -0.2) is 5.84 Å². The molecular weight excluding hydrogens is 394 g/mol. The molecule has 0 aliphatic carbocycles. The molecule has 2 heterocycles. The number of halogens is 1. The van der Waals surface area contributed by atoms with Gasteiger partial charge in [-0.15, -0.1) is 0 Å². The quantitative estimate of drug-likeness (QED) is 0.441. The smallest absolute Gasteiger partial charge is 0.0720 e. The van der Waals surface area contributed by atoms with Gasteiger partial charge in [0.1, 0.15) is 0 Å². The molecule has 3 rings (SSSR count). The van der Waals surface area contributed by atoms with Gasteiger partial charge in [-0.1, -0.05) is 37.6 Å². The molecule has 0 radical (unpaired) electrons. The summed E-state index contributed by atoms with van der Waals surface area (Å²) in [5.74, 6) is 5.98. The highest BCUT2D eigenvalue weighted by molar-refractivity contribution is 6.36. The van der Waals surface area contributed by atoms with Crippen LogP contribution in [0.3, 0.4) is 0 Å². The minimum absolute atomic E-state index is 0.172. The summed E-state index contributed by atoms with van der Waals surface area (Å²) in [4.78, 5) is 9.52. The summed E-state index contributed by atoms with van der Waals surface area (Å²) in [5.41, 5.74) is 13.9. The molecule has 6 heteroatoms. The van der Waals surface area contributed by atoms with E-state index in [4.69, 9.17) is 28.2 Å². The van der Waals surface area contributed by atoms with Gasteiger partial charge in [-0.2, -0.15) is 0 Å². The van der Waals surface area contributed by atoms with E-state index in [-0.39, 0.29) is 5.92 Å². The predicted molar refractivity (Wildman–Crippen MR) is 125 cm³/mol. The Labute approximate surface area is 183 Å². The molecule has 5 nitrogen and oxygen atoms in total. The van der Waals surface area contributed by atoms with Crippen molar-refractivity contribution in [3.8, 4) is 0 Å². The molecule has 158 valence electrons. The Bertz CT molecular complexity index is 1100. The number of pyridine rings is 2. The first kappa shape index (κ1) is 22.1. The molecule has 0 amide bonds. The summed E-state index contributed by atoms with van der Waals surface area (Å²) >= 11 is 6.85. The Morgan fingerprint density at radius 3 is 2.43 bits per heavy atom. The van der Waals surface area contributed by atoms with Gasteiger partial charge in [0, 0.05) is 35.7 Å². The van der Waals surface area contributed by atoms with Gasteiger partial charge in [-0.05, 0) is 61.6 Å². The number of benzene rings is 1. The number of aromatic nitrogens is 2. The number of aryl methyl sites for hydroxylation is 3. The number of likely N-dealkylation sites (N-methyl/N-ethyl adjacent to an activating group) is 1. The van der Waals surface area contributed by atoms with Crippen LogP contribution >= 0.6 is 11.6 Å². The lowest BCUT2D eigenvalue weighted by Crippen LogP contribution is -2.30. The number of nitrogens with two attached hydrogens (primary N) is 2. The molecule has 0 fully saturated rings. The van der Waals surface area contributed by atoms with Crippen LogP contribution in [0.1, 0.15) is 53.5 Å². The second kappa shape index (κ2) is 9.02. The maximum Gasteiger partial charge on any atom is 0.0720 e. The SMILES string of the molecule is CCc1nc2ccc(C(/C(=C/N)N(C)N)c3ccc(C)nc3C)cc2c(Cl)c1CC. The molecule has 0 bridgehead atoms. The van der Waals surface area contributed by atoms with Gasteiger partial charge in [0.25, 0.3) is 0 Å². The van der Waals surface area contributed by atoms with E-state index in [1.807, 2.05) is 26.0 Å². The molecule has 1 aromatic carbocycles. The lowest BCUT2D eigenvalue weighted by molar-refractivity contribution is 0.414. The molecule has 1 atom stereocenters. The number of rotatable bonds is 6. The Hall–Kier alpha value is -2.63. The van der Waals surface area contributed by atoms with Crippen LogP contribution in [-0.2, 0) is 12.8 Å². The third-order valence-electron chi connectivity index (χ3n) is 5.60. The Balaban J connectivity index is 2.29. The van der Waals surface area contributed by atoms with Gasteiger partial charge in [0.05, 0.1) is 22.2 Å². The van der Waals surface area contributed by atoms with Crippen molar-refractivity contribution in [2.24, 2.45) is 11.6 Å². The summed E-state index contributed by atoms with van der Waals surface area (Å²) in [7, 11) is 1.79. The maximum absolute atomic E-state index is 6.85. The molecular formula is C24H30ClN5. The van der Waals surface area contributed by atoms with E-state index >= 15 is 0 Å². The largest absolute Gasteiger partial charge is 0.403 e. The molecule has 4 N–H and O–H groups in total. The summed E-state index contributed by atoms with van der Waals surface area (Å²) in [5, 5.41) is 3.28. The van der Waals surface area contributed by atoms with E-state index in [9.17, 15) is 0 Å². The van der Waals surface area contributed by atoms with Crippen LogP contribution in [0.2, 0.25) is 5.02 Å². The van der Waals surface area contributed by atoms with Crippen molar-refractivity contribution in [3.05, 3.63) is 81.0 Å². The van der Waals surface area contributed by atoms with Crippen molar-refractivity contribution < 1.29 is 0 Å². The molecule has 0 aliphatic heterocycles. The first-order chi connectivity index (χ1) is 14.3. The van der Waals surface area contributed by atoms with Crippen molar-refractivity contribution in [1.82, 2.24) is 15.0 Å². The number of fused-ring (bicyclic) bond motifs is 1. The van der Waals surface area contributed by atoms with Crippen molar-refractivity contribution in [1.29, 1.82) is 0 Å². The van der Waals surface area contributed by atoms with E-state index in [1.165, 1.54) is 0 Å². The fraction of sp³-hybridized carbons (Fsp3) is 0.333. The fourth-order valence-electron chi connectivity index (χ4n) is 4.09. The zero-order valence-corrected chi connectivity index (χ0v) is 19.1. The van der Waals surface area contributed by atoms with Crippen LogP contribution in [0.15, 0.2) is 42.2 Å². The van der Waals surface area contributed by atoms with Crippen LogP contribution in [-0.4, -0.2) is 22.0 Å². The Kier molecular flexibility index (Phi) is 6.64. The normalized spacial score (nSPS) is 13.0. The number of allylic oxidation sites excluding steroid dienone is 1. The van der Waals surface area contributed by atoms with Gasteiger partial charge in [0.2, 0.25) is 0 Å². The number of hydrogen-bond donors (Lipinski definition) is 2. The summed E-state index contributed by atoms with van der Waals surface area (Å²) < 4.78 is 0. The van der Waals surface area contributed by atoms with Gasteiger partial charge < -0.3 is 10.7 Å². The molecule has 0 spiro atoms. The molecule has 0 saturated carbocycles. The van der Waals surface area contributed by atoms with E-state index in [2.05, 4.69) is 37.0 Å². The lowest BCUT2D eigenvalue weighted by Gasteiger charge is -2.27. The van der Waals surface area contributed by atoms with Crippen molar-refractivity contribution >= 4 is 22.5 Å². The molecule has 1 unspecified atom stereocenters. The highest BCUT2D eigenvalue weighted by Gasteiger charge is 2.24. The third-order valence-corrected chi connectivity index (χ3v) is 6.03. The lowest BCUT2D eigenvalue weighted by atomic mass is 9.86. The van der Waals surface area contributed by atoms with Gasteiger partial charge >= 0.3 is 0 Å². The van der Waals surface area contributed by atoms with Gasteiger partial charge in [0.15, 0.2) is 0 Å². The van der Waals surface area contributed by atoms with Crippen LogP contribution in [0.25, 0.3) is 10.9 Å². The van der Waals surface area contributed by atoms with E-state index in [0.29, 0.717) is 0 Å². The second-order valence-electron chi connectivity index (χ2n) is 7.60. The Morgan fingerprint density at radius 2 is 1.87 bits per heavy atom. The average Bonchev–Trinajstić information content (AvgIpc) is 2.72. The number of hydrogen-bond acceptors (Lipinski definition) is 5. The standard InChI is InChI=1S/C24H30ClN5/c1-6-17-20(7-2)29-21-11-9-16(12-19(21)24(17)25)23(22(13-26)30(5)27)18-10-8-14(3)28-15(18)4/h8-13,23H,6-7,26-27H2,1-5H3/b22-13-. The molecule has 2 aromatic heterocycles. The first-order valence-corrected chi connectivity index (χ1v) is 10.6. The van der Waals surface area contributed by atoms with Crippen molar-refractivity contribution in [2.75, 3.05) is 7.05 Å². The van der Waals surface area contributed by atoms with Gasteiger partial charge in [-0.3, -0.25) is 9.97 Å². The summed E-state index contributed by atoms with van der Waals surface area (Å²) in [6.45, 7) is 8.22. The molecule has 3 aromatic rings. The molecule has 0 aliphatic rings. The number of nitrogens with zero attached hydrogens (tertiary/aromatic N) is 3. The maximum atomic E-state index is 6.85. The van der Waals surface area contributed by atoms with Crippen LogP contribution in [0, 0.1) is 13.8 Å². The minimum Gasteiger partial charge on any atom is -0.403 e. The minimum atomic E-state index is -0.172. The zero-order valence-electron chi connectivity index (χ0n) is 18.3. The van der Waals surface area contributed by atoms with Crippen LogP contribution in [0.5, 0.6) is 0 Å². The van der Waals surface area contributed by atoms with Crippen LogP contribution in [0.4, 0.5) is 0 Å². The van der Waals surface area contributed by atoms with E-state index < -0.39 is 0 Å². The van der Waals surface area contributed by atoms with E-state index in [0.717, 1.165) is 68.2 Å². The number of hydrazine groups is 1. The highest BCUT2D eigenvalue weighted by Crippen LogP contribution is 2.37. The molecule has 0 saturated heterocycles. The fourth-order valence-corrected chi connectivity index (χ4v) is 4.48. The van der Waals surface area contributed by atoms with Crippen molar-refractivity contribution in [2.45, 2.75) is 46.5 Å². The average molecular weight is 424 g/mol. The molecule has 30 heavy (non-hydrogen) atoms. The highest BCUT2D eigenvalue weighted by atomic mass is 35.5. The van der Waals surface area contributed by atoms with Crippen molar-refractivity contribution in [3.63, 3.8) is 0 Å². The second-order valence-corrected chi connectivity index (χ2v) is 7.98. The zero-order chi connectivity index (χ0) is 22.0. The first-order valence-electron chi connectivity index (χ1n) is 10.3. The Morgan fingerprint density at radius 1 is 1.13 bits per heavy atom. The predicted octanol–water partition coefficient (Wildman–Crippen LogP) is 4.76.